The van der Waals surface area contributed by atoms with E-state index in [9.17, 15) is 4.79 Å². The first-order valence-corrected chi connectivity index (χ1v) is 9.53. The van der Waals surface area contributed by atoms with E-state index in [1.807, 2.05) is 37.3 Å². The summed E-state index contributed by atoms with van der Waals surface area (Å²) in [6.45, 7) is 2.02. The standard InChI is InChI=1S/C24H21NO2/c1-15(18-10-9-16-6-4-7-19(16)13-18)25-24(26)23-14-21-20-8-3-2-5-17(20)11-12-22(21)27-23/h2-3,5,8-15H,4,6-7H2,1H3,(H,25,26). The monoisotopic (exact) mass is 355 g/mol. The van der Waals surface area contributed by atoms with E-state index in [0.29, 0.717) is 5.76 Å². The van der Waals surface area contributed by atoms with Gasteiger partial charge in [0.1, 0.15) is 5.58 Å². The van der Waals surface area contributed by atoms with E-state index in [1.54, 1.807) is 0 Å². The minimum atomic E-state index is -0.178. The Labute approximate surface area is 158 Å². The Hall–Kier alpha value is -3.07. The number of benzene rings is 3. The average molecular weight is 355 g/mol. The maximum absolute atomic E-state index is 12.8. The predicted octanol–water partition coefficient (Wildman–Crippen LogP) is 5.57. The zero-order valence-electron chi connectivity index (χ0n) is 15.3. The molecule has 1 heterocycles. The lowest BCUT2D eigenvalue weighted by atomic mass is 10.0. The average Bonchev–Trinajstić information content (AvgIpc) is 3.34. The molecule has 1 unspecified atom stereocenters. The van der Waals surface area contributed by atoms with E-state index >= 15 is 0 Å². The zero-order valence-corrected chi connectivity index (χ0v) is 15.3. The fraction of sp³-hybridized carbons (Fsp3) is 0.208. The number of hydrogen-bond acceptors (Lipinski definition) is 2. The second-order valence-electron chi connectivity index (χ2n) is 7.39. The third kappa shape index (κ3) is 2.80. The predicted molar refractivity (Wildman–Crippen MR) is 108 cm³/mol. The highest BCUT2D eigenvalue weighted by Gasteiger charge is 2.18. The van der Waals surface area contributed by atoms with Crippen molar-refractivity contribution in [1.82, 2.24) is 5.32 Å². The SMILES string of the molecule is CC(NC(=O)c1cc2c(ccc3ccccc32)o1)c1ccc2c(c1)CCC2. The summed E-state index contributed by atoms with van der Waals surface area (Å²) in [4.78, 5) is 12.8. The van der Waals surface area contributed by atoms with Crippen LogP contribution in [0.1, 0.15) is 46.6 Å². The molecule has 0 saturated heterocycles. The molecule has 5 rings (SSSR count). The van der Waals surface area contributed by atoms with Crippen LogP contribution in [0.4, 0.5) is 0 Å². The fourth-order valence-electron chi connectivity index (χ4n) is 4.12. The van der Waals surface area contributed by atoms with Crippen LogP contribution >= 0.6 is 0 Å². The van der Waals surface area contributed by atoms with Crippen molar-refractivity contribution in [2.75, 3.05) is 0 Å². The van der Waals surface area contributed by atoms with E-state index in [-0.39, 0.29) is 11.9 Å². The summed E-state index contributed by atoms with van der Waals surface area (Å²) in [5.41, 5.74) is 4.75. The smallest absolute Gasteiger partial charge is 0.287 e. The molecule has 0 spiro atoms. The lowest BCUT2D eigenvalue weighted by molar-refractivity contribution is 0.0914. The van der Waals surface area contributed by atoms with Gasteiger partial charge in [0.05, 0.1) is 6.04 Å². The fourth-order valence-corrected chi connectivity index (χ4v) is 4.12. The molecule has 1 amide bonds. The molecule has 3 heteroatoms. The van der Waals surface area contributed by atoms with Gasteiger partial charge in [-0.2, -0.15) is 0 Å². The third-order valence-corrected chi connectivity index (χ3v) is 5.62. The van der Waals surface area contributed by atoms with Gasteiger partial charge in [-0.1, -0.05) is 48.5 Å². The maximum atomic E-state index is 12.8. The summed E-state index contributed by atoms with van der Waals surface area (Å²) in [5.74, 6) is 0.178. The van der Waals surface area contributed by atoms with Crippen molar-refractivity contribution < 1.29 is 9.21 Å². The number of fused-ring (bicyclic) bond motifs is 4. The molecule has 0 saturated carbocycles. The maximum Gasteiger partial charge on any atom is 0.287 e. The van der Waals surface area contributed by atoms with Crippen molar-refractivity contribution >= 4 is 27.6 Å². The molecular weight excluding hydrogens is 334 g/mol. The second-order valence-corrected chi connectivity index (χ2v) is 7.39. The normalized spacial score (nSPS) is 14.4. The summed E-state index contributed by atoms with van der Waals surface area (Å²) in [6.07, 6.45) is 3.54. The molecule has 27 heavy (non-hydrogen) atoms. The van der Waals surface area contributed by atoms with Crippen LogP contribution in [0.25, 0.3) is 21.7 Å². The van der Waals surface area contributed by atoms with Crippen LogP contribution in [0, 0.1) is 0 Å². The van der Waals surface area contributed by atoms with Gasteiger partial charge in [-0.15, -0.1) is 0 Å². The highest BCUT2D eigenvalue weighted by Crippen LogP contribution is 2.29. The lowest BCUT2D eigenvalue weighted by Crippen LogP contribution is -2.26. The van der Waals surface area contributed by atoms with Crippen molar-refractivity contribution in [2.24, 2.45) is 0 Å². The minimum absolute atomic E-state index is 0.0617. The Bertz CT molecular complexity index is 1170. The van der Waals surface area contributed by atoms with E-state index < -0.39 is 0 Å². The number of amides is 1. The highest BCUT2D eigenvalue weighted by molar-refractivity contribution is 6.08. The lowest BCUT2D eigenvalue weighted by Gasteiger charge is -2.14. The Morgan fingerprint density at radius 2 is 1.81 bits per heavy atom. The summed E-state index contributed by atoms with van der Waals surface area (Å²) < 4.78 is 5.84. The summed E-state index contributed by atoms with van der Waals surface area (Å²) in [7, 11) is 0. The molecule has 1 aromatic heterocycles. The van der Waals surface area contributed by atoms with Crippen LogP contribution < -0.4 is 5.32 Å². The van der Waals surface area contributed by atoms with Gasteiger partial charge in [0.2, 0.25) is 0 Å². The van der Waals surface area contributed by atoms with E-state index in [1.165, 1.54) is 24.0 Å². The molecular formula is C24H21NO2. The summed E-state index contributed by atoms with van der Waals surface area (Å²) >= 11 is 0. The Balaban J connectivity index is 1.43. The molecule has 0 radical (unpaired) electrons. The number of hydrogen-bond donors (Lipinski definition) is 1. The van der Waals surface area contributed by atoms with Gasteiger partial charge >= 0.3 is 0 Å². The molecule has 1 atom stereocenters. The van der Waals surface area contributed by atoms with Crippen LogP contribution in [0.15, 0.2) is 65.1 Å². The van der Waals surface area contributed by atoms with Crippen LogP contribution in [0.5, 0.6) is 0 Å². The van der Waals surface area contributed by atoms with Crippen LogP contribution in [-0.2, 0) is 12.8 Å². The molecule has 4 aromatic rings. The number of nitrogens with one attached hydrogen (secondary N) is 1. The van der Waals surface area contributed by atoms with Gasteiger partial charge in [-0.3, -0.25) is 4.79 Å². The van der Waals surface area contributed by atoms with Crippen LogP contribution in [0.2, 0.25) is 0 Å². The van der Waals surface area contributed by atoms with Crippen molar-refractivity contribution in [3.63, 3.8) is 0 Å². The Morgan fingerprint density at radius 1 is 0.963 bits per heavy atom. The van der Waals surface area contributed by atoms with Crippen LogP contribution in [0.3, 0.4) is 0 Å². The largest absolute Gasteiger partial charge is 0.451 e. The Morgan fingerprint density at radius 3 is 2.74 bits per heavy atom. The Kier molecular flexibility index (Phi) is 3.75. The number of furan rings is 1. The topological polar surface area (TPSA) is 42.2 Å². The molecule has 0 bridgehead atoms. The van der Waals surface area contributed by atoms with Gasteiger partial charge in [0.15, 0.2) is 5.76 Å². The van der Waals surface area contributed by atoms with E-state index in [2.05, 4.69) is 35.6 Å². The van der Waals surface area contributed by atoms with E-state index in [0.717, 1.165) is 33.7 Å². The molecule has 1 aliphatic rings. The minimum Gasteiger partial charge on any atom is -0.451 e. The molecule has 0 aliphatic heterocycles. The molecule has 0 fully saturated rings. The van der Waals surface area contributed by atoms with Crippen molar-refractivity contribution in [1.29, 1.82) is 0 Å². The van der Waals surface area contributed by atoms with Gasteiger partial charge in [0, 0.05) is 5.39 Å². The summed E-state index contributed by atoms with van der Waals surface area (Å²) in [5, 5.41) is 6.30. The van der Waals surface area contributed by atoms with Gasteiger partial charge < -0.3 is 9.73 Å². The first-order valence-electron chi connectivity index (χ1n) is 9.53. The summed E-state index contributed by atoms with van der Waals surface area (Å²) in [6, 6.07) is 20.4. The zero-order chi connectivity index (χ0) is 18.4. The third-order valence-electron chi connectivity index (χ3n) is 5.62. The molecule has 1 N–H and O–H groups in total. The quantitative estimate of drug-likeness (QED) is 0.522. The van der Waals surface area contributed by atoms with Crippen molar-refractivity contribution in [3.8, 4) is 0 Å². The number of carbonyl (C=O) groups excluding carboxylic acids is 1. The number of rotatable bonds is 3. The number of carbonyl (C=O) groups is 1. The molecule has 134 valence electrons. The first kappa shape index (κ1) is 16.1. The highest BCUT2D eigenvalue weighted by atomic mass is 16.3. The van der Waals surface area contributed by atoms with Gasteiger partial charge in [-0.25, -0.2) is 0 Å². The van der Waals surface area contributed by atoms with Gasteiger partial charge in [-0.05, 0) is 65.8 Å². The first-order chi connectivity index (χ1) is 13.2. The molecule has 1 aliphatic carbocycles. The molecule has 3 nitrogen and oxygen atoms in total. The van der Waals surface area contributed by atoms with E-state index in [4.69, 9.17) is 4.42 Å². The molecule has 3 aromatic carbocycles. The van der Waals surface area contributed by atoms with Crippen molar-refractivity contribution in [2.45, 2.75) is 32.2 Å². The van der Waals surface area contributed by atoms with Gasteiger partial charge in [0.25, 0.3) is 5.91 Å². The second kappa shape index (κ2) is 6.27. The van der Waals surface area contributed by atoms with Crippen LogP contribution in [-0.4, -0.2) is 5.91 Å². The number of aryl methyl sites for hydroxylation is 2. The van der Waals surface area contributed by atoms with Crippen molar-refractivity contribution in [3.05, 3.63) is 83.1 Å².